The molecular weight excluding hydrogens is 911 g/mol. The average molecular weight is 963 g/mol. The zero-order valence-corrected chi connectivity index (χ0v) is 41.9. The Bertz CT molecular complexity index is 2670. The number of hydrogen-bond donors (Lipinski definition) is 0. The maximum atomic E-state index is 4.93. The third kappa shape index (κ3) is 11.7. The van der Waals surface area contributed by atoms with Crippen molar-refractivity contribution < 1.29 is 20.8 Å². The molecule has 0 aliphatic carbocycles. The van der Waals surface area contributed by atoms with E-state index < -0.39 is 20.8 Å². The summed E-state index contributed by atoms with van der Waals surface area (Å²) in [6.45, 7) is 8.74. The molecule has 10 rings (SSSR count). The molecule has 0 fully saturated rings. The van der Waals surface area contributed by atoms with Gasteiger partial charge in [0.05, 0.1) is 0 Å². The summed E-state index contributed by atoms with van der Waals surface area (Å²) in [4.78, 5) is 0. The molecule has 4 heteroatoms. The van der Waals surface area contributed by atoms with Crippen LogP contribution in [0.15, 0.2) is 218 Å². The predicted octanol–water partition coefficient (Wildman–Crippen LogP) is 18.4. The molecule has 0 aromatic heterocycles. The van der Waals surface area contributed by atoms with E-state index in [9.17, 15) is 0 Å². The fourth-order valence-electron chi connectivity index (χ4n) is 8.26. The van der Waals surface area contributed by atoms with Gasteiger partial charge in [-0.2, -0.15) is 12.1 Å². The Balaban J connectivity index is 0.000000171. The second kappa shape index (κ2) is 23.5. The van der Waals surface area contributed by atoms with Gasteiger partial charge in [-0.3, -0.25) is 0 Å². The summed E-state index contributed by atoms with van der Waals surface area (Å²) in [5, 5.41) is 5.33. The van der Waals surface area contributed by atoms with Crippen molar-refractivity contribution in [2.24, 2.45) is 0 Å². The van der Waals surface area contributed by atoms with Crippen molar-refractivity contribution in [1.29, 1.82) is 0 Å². The Hall–Kier alpha value is -5.34. The monoisotopic (exact) mass is 960 g/mol. The zero-order chi connectivity index (χ0) is 44.7. The van der Waals surface area contributed by atoms with Crippen LogP contribution < -0.4 is 0 Å². The maximum absolute atomic E-state index is 4.93. The molecule has 0 bridgehead atoms. The molecule has 0 heterocycles. The van der Waals surface area contributed by atoms with Crippen LogP contribution in [0.1, 0.15) is 25.0 Å². The SMILES string of the molecule is CCc1cc2c(-c3cc(-c4ccccc4)cc(-c4ccccc4)c3)cccc2[cH-]1.CCc1cc2c(-c3cc(-c4ccccc4)cc(-c4ccccc4)c3)cccc2[cH-]1.C[Si]C.[Cl][Zr+2][Cl]. The molecule has 0 aliphatic heterocycles. The molecule has 0 nitrogen and oxygen atoms in total. The topological polar surface area (TPSA) is 0 Å². The molecule has 0 unspecified atom stereocenters. The van der Waals surface area contributed by atoms with Gasteiger partial charge >= 0.3 is 37.9 Å². The summed E-state index contributed by atoms with van der Waals surface area (Å²) in [7, 11) is 11.0. The molecule has 10 aromatic rings. The molecule has 10 aromatic carbocycles. The molecule has 0 saturated carbocycles. The van der Waals surface area contributed by atoms with Gasteiger partial charge < -0.3 is 0 Å². The number of aryl methyl sites for hydroxylation is 2. The van der Waals surface area contributed by atoms with Crippen LogP contribution in [0, 0.1) is 0 Å². The van der Waals surface area contributed by atoms with Crippen LogP contribution in [-0.2, 0) is 33.7 Å². The Kier molecular flexibility index (Phi) is 17.2. The van der Waals surface area contributed by atoms with Crippen molar-refractivity contribution >= 4 is 48.1 Å². The van der Waals surface area contributed by atoms with E-state index in [-0.39, 0.29) is 0 Å². The van der Waals surface area contributed by atoms with Gasteiger partial charge in [-0.25, -0.2) is 0 Å². The molecule has 0 N–H and O–H groups in total. The summed E-state index contributed by atoms with van der Waals surface area (Å²) in [5.74, 6) is 0. The van der Waals surface area contributed by atoms with Crippen LogP contribution in [-0.4, -0.2) is 9.52 Å². The minimum atomic E-state index is -0.826. The first-order valence-electron chi connectivity index (χ1n) is 21.9. The van der Waals surface area contributed by atoms with Gasteiger partial charge in [-0.05, 0) is 105 Å². The fraction of sp³-hybridized carbons (Fsp3) is 0.100. The quantitative estimate of drug-likeness (QED) is 0.105. The number of fused-ring (bicyclic) bond motifs is 2. The van der Waals surface area contributed by atoms with E-state index in [2.05, 4.69) is 245 Å². The fourth-order valence-corrected chi connectivity index (χ4v) is 8.26. The Morgan fingerprint density at radius 2 is 0.625 bits per heavy atom. The van der Waals surface area contributed by atoms with Crippen molar-refractivity contribution in [3.05, 3.63) is 230 Å². The van der Waals surface area contributed by atoms with E-state index in [1.54, 1.807) is 0 Å². The van der Waals surface area contributed by atoms with E-state index in [4.69, 9.17) is 17.0 Å². The number of hydrogen-bond acceptors (Lipinski definition) is 0. The summed E-state index contributed by atoms with van der Waals surface area (Å²) in [6, 6.07) is 79.2. The van der Waals surface area contributed by atoms with Gasteiger partial charge in [-0.15, -0.1) is 69.1 Å². The molecule has 0 amide bonds. The molecule has 0 saturated heterocycles. The molecule has 64 heavy (non-hydrogen) atoms. The van der Waals surface area contributed by atoms with E-state index in [1.807, 2.05) is 0 Å². The number of rotatable bonds is 8. The number of halogens is 2. The first-order chi connectivity index (χ1) is 31.5. The molecular formula is C60H52Cl2SiZr. The molecule has 0 aliphatic rings. The Morgan fingerprint density at radius 3 is 0.891 bits per heavy atom. The van der Waals surface area contributed by atoms with E-state index in [0.29, 0.717) is 0 Å². The van der Waals surface area contributed by atoms with E-state index >= 15 is 0 Å². The van der Waals surface area contributed by atoms with Crippen molar-refractivity contribution in [1.82, 2.24) is 0 Å². The first kappa shape index (κ1) is 46.6. The molecule has 314 valence electrons. The van der Waals surface area contributed by atoms with Crippen molar-refractivity contribution in [3.63, 3.8) is 0 Å². The van der Waals surface area contributed by atoms with Crippen LogP contribution in [0.2, 0.25) is 13.1 Å². The summed E-state index contributed by atoms with van der Waals surface area (Å²) in [6.07, 6.45) is 2.13. The second-order valence-corrected chi connectivity index (χ2v) is 20.4. The Morgan fingerprint density at radius 1 is 0.359 bits per heavy atom. The van der Waals surface area contributed by atoms with Gasteiger partial charge in [0.2, 0.25) is 0 Å². The van der Waals surface area contributed by atoms with Crippen LogP contribution in [0.4, 0.5) is 0 Å². The number of benzene rings is 8. The van der Waals surface area contributed by atoms with E-state index in [1.165, 1.54) is 99.4 Å². The molecule has 0 atom stereocenters. The minimum absolute atomic E-state index is 0.826. The summed E-state index contributed by atoms with van der Waals surface area (Å²) >= 11 is -0.826. The predicted molar refractivity (Wildman–Crippen MR) is 280 cm³/mol. The van der Waals surface area contributed by atoms with Crippen molar-refractivity contribution in [3.8, 4) is 66.8 Å². The van der Waals surface area contributed by atoms with Crippen LogP contribution >= 0.6 is 17.0 Å². The van der Waals surface area contributed by atoms with Gasteiger partial charge in [0.1, 0.15) is 0 Å². The third-order valence-corrected chi connectivity index (χ3v) is 11.4. The van der Waals surface area contributed by atoms with Gasteiger partial charge in [-0.1, -0.05) is 172 Å². The molecule has 2 radical (unpaired) electrons. The Labute approximate surface area is 401 Å². The van der Waals surface area contributed by atoms with Gasteiger partial charge in [0.25, 0.3) is 0 Å². The first-order valence-corrected chi connectivity index (χ1v) is 30.2. The second-order valence-electron chi connectivity index (χ2n) is 15.7. The van der Waals surface area contributed by atoms with Crippen molar-refractivity contribution in [2.45, 2.75) is 39.8 Å². The van der Waals surface area contributed by atoms with Crippen molar-refractivity contribution in [2.75, 3.05) is 0 Å². The zero-order valence-electron chi connectivity index (χ0n) is 37.0. The summed E-state index contributed by atoms with van der Waals surface area (Å²) in [5.41, 5.74) is 17.9. The average Bonchev–Trinajstić information content (AvgIpc) is 4.00. The van der Waals surface area contributed by atoms with Crippen LogP contribution in [0.25, 0.3) is 88.3 Å². The van der Waals surface area contributed by atoms with Gasteiger partial charge in [0.15, 0.2) is 0 Å². The van der Waals surface area contributed by atoms with E-state index in [0.717, 1.165) is 22.4 Å². The molecule has 0 spiro atoms. The van der Waals surface area contributed by atoms with Gasteiger partial charge in [0, 0.05) is 9.52 Å². The van der Waals surface area contributed by atoms with Crippen LogP contribution in [0.3, 0.4) is 0 Å². The van der Waals surface area contributed by atoms with Crippen LogP contribution in [0.5, 0.6) is 0 Å². The summed E-state index contributed by atoms with van der Waals surface area (Å²) < 4.78 is 0. The third-order valence-electron chi connectivity index (χ3n) is 11.4. The standard InChI is InChI=1S/2C29H23.C2H6Si.2ClH.Zr/c2*1-2-21-16-24-14-9-15-28(29(24)17-21)27-19-25(22-10-5-3-6-11-22)18-26(20-27)23-12-7-4-8-13-23;1-3-2;;;/h2*3-20H,2H2,1H3;1-2H3;2*1H;/q2*-1;;;;+4/p-2. The normalized spacial score (nSPS) is 10.5.